The first-order valence-electron chi connectivity index (χ1n) is 5.23. The van der Waals surface area contributed by atoms with Gasteiger partial charge in [-0.15, -0.1) is 0 Å². The van der Waals surface area contributed by atoms with Crippen LogP contribution in [0.25, 0.3) is 0 Å². The van der Waals surface area contributed by atoms with E-state index >= 15 is 0 Å². The van der Waals surface area contributed by atoms with Gasteiger partial charge in [0.1, 0.15) is 0 Å². The Morgan fingerprint density at radius 1 is 1.15 bits per heavy atom. The summed E-state index contributed by atoms with van der Waals surface area (Å²) in [5.74, 6) is 0. The van der Waals surface area contributed by atoms with Crippen LogP contribution in [0.5, 0.6) is 0 Å². The van der Waals surface area contributed by atoms with E-state index in [1.165, 1.54) is 36.8 Å². The van der Waals surface area contributed by atoms with Crippen molar-refractivity contribution in [2.45, 2.75) is 39.5 Å². The summed E-state index contributed by atoms with van der Waals surface area (Å²) in [6.07, 6.45) is 7.55. The van der Waals surface area contributed by atoms with Gasteiger partial charge < -0.3 is 0 Å². The van der Waals surface area contributed by atoms with Crippen LogP contribution in [-0.2, 0) is 0 Å². The van der Waals surface area contributed by atoms with Gasteiger partial charge in [0.15, 0.2) is 0 Å². The number of unbranched alkanes of at least 4 members (excludes halogenated alkanes) is 3. The molecular weight excluding hydrogens is 156 g/mol. The normalized spacial score (nSPS) is 10.3. The van der Waals surface area contributed by atoms with E-state index in [1.807, 2.05) is 0 Å². The molecule has 0 nitrogen and oxygen atoms in total. The van der Waals surface area contributed by atoms with Crippen molar-refractivity contribution >= 4 is 0 Å². The van der Waals surface area contributed by atoms with Crippen molar-refractivity contribution in [3.05, 3.63) is 41.8 Å². The lowest BCUT2D eigenvalue weighted by Gasteiger charge is -2.03. The van der Waals surface area contributed by atoms with Gasteiger partial charge in [-0.3, -0.25) is 0 Å². The van der Waals surface area contributed by atoms with Crippen LogP contribution < -0.4 is 0 Å². The lowest BCUT2D eigenvalue weighted by Crippen LogP contribution is -1.86. The summed E-state index contributed by atoms with van der Waals surface area (Å²) in [5.41, 5.74) is 2.79. The summed E-state index contributed by atoms with van der Waals surface area (Å²) in [4.78, 5) is 0. The van der Waals surface area contributed by atoms with Crippen molar-refractivity contribution in [2.75, 3.05) is 0 Å². The quantitative estimate of drug-likeness (QED) is 0.590. The van der Waals surface area contributed by atoms with Gasteiger partial charge in [-0.2, -0.15) is 0 Å². The van der Waals surface area contributed by atoms with Gasteiger partial charge in [0, 0.05) is 0 Å². The molecule has 1 aromatic carbocycles. The average molecular weight is 175 g/mol. The van der Waals surface area contributed by atoms with Crippen molar-refractivity contribution in [2.24, 2.45) is 0 Å². The predicted molar refractivity (Wildman–Crippen MR) is 58.7 cm³/mol. The molecule has 0 saturated carbocycles. The average Bonchev–Trinajstić information content (AvgIpc) is 2.15. The van der Waals surface area contributed by atoms with E-state index in [9.17, 15) is 0 Å². The minimum atomic E-state index is 1.22. The highest BCUT2D eigenvalue weighted by molar-refractivity contribution is 5.31. The summed E-state index contributed by atoms with van der Waals surface area (Å²) in [5, 5.41) is 0. The molecule has 0 N–H and O–H groups in total. The maximum Gasteiger partial charge on any atom is -0.00904 e. The van der Waals surface area contributed by atoms with E-state index in [0.29, 0.717) is 0 Å². The zero-order valence-electron chi connectivity index (χ0n) is 8.72. The molecule has 1 rings (SSSR count). The van der Waals surface area contributed by atoms with Gasteiger partial charge in [-0.05, 0) is 30.9 Å². The third kappa shape index (κ3) is 3.63. The second-order valence-corrected chi connectivity index (χ2v) is 3.56. The molecule has 0 atom stereocenters. The highest BCUT2D eigenvalue weighted by Gasteiger charge is 1.96. The van der Waals surface area contributed by atoms with Gasteiger partial charge in [-0.1, -0.05) is 50.5 Å². The lowest BCUT2D eigenvalue weighted by molar-refractivity contribution is 0.714. The highest BCUT2D eigenvalue weighted by Crippen LogP contribution is 2.13. The summed E-state index contributed by atoms with van der Waals surface area (Å²) in [7, 11) is 0. The second-order valence-electron chi connectivity index (χ2n) is 3.56. The Kier molecular flexibility index (Phi) is 4.59. The molecule has 0 saturated heterocycles. The van der Waals surface area contributed by atoms with Crippen molar-refractivity contribution in [1.29, 1.82) is 0 Å². The van der Waals surface area contributed by atoms with Crippen LogP contribution in [-0.4, -0.2) is 0 Å². The van der Waals surface area contributed by atoms with Crippen LogP contribution in [0, 0.1) is 13.3 Å². The first kappa shape index (κ1) is 10.3. The number of benzene rings is 1. The molecule has 0 aromatic heterocycles. The van der Waals surface area contributed by atoms with Crippen molar-refractivity contribution in [3.8, 4) is 0 Å². The molecule has 0 heterocycles. The maximum absolute atomic E-state index is 2.35. The van der Waals surface area contributed by atoms with E-state index in [0.717, 1.165) is 0 Å². The zero-order valence-corrected chi connectivity index (χ0v) is 8.72. The van der Waals surface area contributed by atoms with E-state index in [4.69, 9.17) is 0 Å². The van der Waals surface area contributed by atoms with Crippen LogP contribution >= 0.6 is 0 Å². The Morgan fingerprint density at radius 3 is 2.62 bits per heavy atom. The Balaban J connectivity index is 2.32. The van der Waals surface area contributed by atoms with Gasteiger partial charge in [0.2, 0.25) is 0 Å². The Hall–Kier alpha value is -0.780. The molecular formula is C13H19. The molecule has 0 spiro atoms. The molecule has 0 aliphatic rings. The number of hydrogen-bond acceptors (Lipinski definition) is 0. The largest absolute Gasteiger partial charge is 0.0654 e. The van der Waals surface area contributed by atoms with Crippen molar-refractivity contribution < 1.29 is 0 Å². The molecule has 1 aromatic rings. The second kappa shape index (κ2) is 5.80. The molecule has 0 amide bonds. The van der Waals surface area contributed by atoms with Crippen LogP contribution in [0.2, 0.25) is 0 Å². The van der Waals surface area contributed by atoms with Crippen molar-refractivity contribution in [1.82, 2.24) is 0 Å². The molecule has 0 heteroatoms. The van der Waals surface area contributed by atoms with E-state index in [2.05, 4.69) is 44.5 Å². The number of hydrogen-bond donors (Lipinski definition) is 0. The van der Waals surface area contributed by atoms with Gasteiger partial charge in [0.05, 0.1) is 0 Å². The highest BCUT2D eigenvalue weighted by atomic mass is 14.0. The SMILES string of the molecule is CCCCC[CH]c1ccccc1C. The Morgan fingerprint density at radius 2 is 1.92 bits per heavy atom. The van der Waals surface area contributed by atoms with Crippen LogP contribution in [0.4, 0.5) is 0 Å². The first-order valence-corrected chi connectivity index (χ1v) is 5.23. The smallest absolute Gasteiger partial charge is 0.00904 e. The molecule has 0 aliphatic heterocycles. The molecule has 1 radical (unpaired) electrons. The van der Waals surface area contributed by atoms with E-state index < -0.39 is 0 Å². The predicted octanol–water partition coefficient (Wildman–Crippen LogP) is 4.13. The monoisotopic (exact) mass is 175 g/mol. The molecule has 0 fully saturated rings. The Labute approximate surface area is 82.0 Å². The minimum absolute atomic E-state index is 1.22. The Bertz CT molecular complexity index is 238. The topological polar surface area (TPSA) is 0 Å². The first-order chi connectivity index (χ1) is 6.34. The molecule has 71 valence electrons. The van der Waals surface area contributed by atoms with Gasteiger partial charge in [-0.25, -0.2) is 0 Å². The molecule has 0 unspecified atom stereocenters. The summed E-state index contributed by atoms with van der Waals surface area (Å²) in [6.45, 7) is 4.42. The van der Waals surface area contributed by atoms with Gasteiger partial charge >= 0.3 is 0 Å². The van der Waals surface area contributed by atoms with Crippen LogP contribution in [0.15, 0.2) is 24.3 Å². The van der Waals surface area contributed by atoms with E-state index in [-0.39, 0.29) is 0 Å². The zero-order chi connectivity index (χ0) is 9.52. The van der Waals surface area contributed by atoms with E-state index in [1.54, 1.807) is 0 Å². The fourth-order valence-corrected chi connectivity index (χ4v) is 1.47. The summed E-state index contributed by atoms with van der Waals surface area (Å²) < 4.78 is 0. The lowest BCUT2D eigenvalue weighted by atomic mass is 10.0. The summed E-state index contributed by atoms with van der Waals surface area (Å²) in [6, 6.07) is 8.57. The van der Waals surface area contributed by atoms with Gasteiger partial charge in [0.25, 0.3) is 0 Å². The molecule has 0 aliphatic carbocycles. The number of aryl methyl sites for hydroxylation is 1. The molecule has 13 heavy (non-hydrogen) atoms. The maximum atomic E-state index is 2.35. The van der Waals surface area contributed by atoms with Crippen LogP contribution in [0.1, 0.15) is 43.7 Å². The third-order valence-electron chi connectivity index (χ3n) is 2.36. The van der Waals surface area contributed by atoms with Crippen LogP contribution in [0.3, 0.4) is 0 Å². The third-order valence-corrected chi connectivity index (χ3v) is 2.36. The van der Waals surface area contributed by atoms with Crippen molar-refractivity contribution in [3.63, 3.8) is 0 Å². The molecule has 0 bridgehead atoms. The fourth-order valence-electron chi connectivity index (χ4n) is 1.47. The standard InChI is InChI=1S/C13H19/c1-3-4-5-6-10-13-11-8-7-9-12(13)2/h7-11H,3-6H2,1-2H3. The summed E-state index contributed by atoms with van der Waals surface area (Å²) >= 11 is 0. The number of rotatable bonds is 5. The minimum Gasteiger partial charge on any atom is -0.0654 e. The fraction of sp³-hybridized carbons (Fsp3) is 0.462.